The Morgan fingerprint density at radius 2 is 1.75 bits per heavy atom. The lowest BCUT2D eigenvalue weighted by atomic mass is 10.2. The van der Waals surface area contributed by atoms with Crippen molar-refractivity contribution in [2.75, 3.05) is 5.32 Å². The first-order valence-corrected chi connectivity index (χ1v) is 5.19. The van der Waals surface area contributed by atoms with Gasteiger partial charge in [-0.05, 0) is 17.7 Å². The molecule has 2 aromatic rings. The number of nitrogens with two attached hydrogens (primary N) is 1. The quantitative estimate of drug-likeness (QED) is 0.856. The fourth-order valence-corrected chi connectivity index (χ4v) is 1.33. The van der Waals surface area contributed by atoms with Crippen LogP contribution in [0, 0.1) is 0 Å². The second kappa shape index (κ2) is 4.92. The Morgan fingerprint density at radius 3 is 2.31 bits per heavy atom. The number of benzene rings is 1. The van der Waals surface area contributed by atoms with E-state index in [4.69, 9.17) is 17.3 Å². The summed E-state index contributed by atoms with van der Waals surface area (Å²) in [7, 11) is 0. The summed E-state index contributed by atoms with van der Waals surface area (Å²) in [4.78, 5) is 8.07. The third-order valence-electron chi connectivity index (χ3n) is 2.07. The van der Waals surface area contributed by atoms with Crippen LogP contribution >= 0.6 is 11.6 Å². The van der Waals surface area contributed by atoms with Crippen molar-refractivity contribution in [3.63, 3.8) is 0 Å². The minimum absolute atomic E-state index is 0.518. The van der Waals surface area contributed by atoms with Gasteiger partial charge in [0.2, 0.25) is 5.95 Å². The molecule has 0 bridgehead atoms. The minimum atomic E-state index is 0.518. The fourth-order valence-electron chi connectivity index (χ4n) is 1.23. The van der Waals surface area contributed by atoms with Crippen molar-refractivity contribution < 1.29 is 0 Å². The van der Waals surface area contributed by atoms with E-state index in [0.717, 1.165) is 11.3 Å². The number of aromatic nitrogens is 2. The largest absolute Gasteiger partial charge is 0.326 e. The summed E-state index contributed by atoms with van der Waals surface area (Å²) in [6, 6.07) is 7.77. The number of rotatable bonds is 3. The Bertz CT molecular complexity index is 452. The summed E-state index contributed by atoms with van der Waals surface area (Å²) in [6.07, 6.45) is 3.09. The highest BCUT2D eigenvalue weighted by Crippen LogP contribution is 2.14. The molecule has 82 valence electrons. The molecule has 1 aromatic carbocycles. The van der Waals surface area contributed by atoms with Crippen LogP contribution in [-0.2, 0) is 6.54 Å². The molecule has 0 aliphatic heterocycles. The molecule has 0 unspecified atom stereocenters. The first-order valence-electron chi connectivity index (χ1n) is 4.81. The summed E-state index contributed by atoms with van der Waals surface area (Å²) in [5.41, 5.74) is 7.51. The van der Waals surface area contributed by atoms with Crippen molar-refractivity contribution in [1.29, 1.82) is 0 Å². The molecule has 0 amide bonds. The molecule has 0 aliphatic carbocycles. The number of nitrogens with one attached hydrogen (secondary N) is 1. The van der Waals surface area contributed by atoms with Gasteiger partial charge in [0.05, 0.1) is 17.4 Å². The van der Waals surface area contributed by atoms with Crippen molar-refractivity contribution in [2.24, 2.45) is 5.73 Å². The summed E-state index contributed by atoms with van der Waals surface area (Å²) in [6.45, 7) is 0.539. The SMILES string of the molecule is NCc1ccc(Nc2ncc(Cl)cn2)cc1. The molecule has 2 rings (SSSR count). The number of anilines is 2. The predicted octanol–water partition coefficient (Wildman–Crippen LogP) is 2.33. The average Bonchev–Trinajstić information content (AvgIpc) is 2.33. The van der Waals surface area contributed by atoms with E-state index in [1.807, 2.05) is 24.3 Å². The highest BCUT2D eigenvalue weighted by atomic mass is 35.5. The van der Waals surface area contributed by atoms with Crippen LogP contribution in [0.1, 0.15) is 5.56 Å². The highest BCUT2D eigenvalue weighted by Gasteiger charge is 1.97. The van der Waals surface area contributed by atoms with Gasteiger partial charge in [0.1, 0.15) is 0 Å². The van der Waals surface area contributed by atoms with E-state index in [1.54, 1.807) is 12.4 Å². The predicted molar refractivity (Wildman–Crippen MR) is 64.7 cm³/mol. The zero-order chi connectivity index (χ0) is 11.4. The lowest BCUT2D eigenvalue weighted by Crippen LogP contribution is -1.98. The van der Waals surface area contributed by atoms with Crippen molar-refractivity contribution in [3.05, 3.63) is 47.2 Å². The molecule has 0 saturated carbocycles. The molecule has 0 spiro atoms. The molecule has 1 aromatic heterocycles. The third-order valence-corrected chi connectivity index (χ3v) is 2.26. The Morgan fingerprint density at radius 1 is 1.12 bits per heavy atom. The second-order valence-electron chi connectivity index (χ2n) is 3.25. The number of nitrogens with zero attached hydrogens (tertiary/aromatic N) is 2. The molecule has 3 N–H and O–H groups in total. The molecule has 1 heterocycles. The maximum Gasteiger partial charge on any atom is 0.227 e. The zero-order valence-electron chi connectivity index (χ0n) is 8.52. The van der Waals surface area contributed by atoms with Crippen molar-refractivity contribution in [2.45, 2.75) is 6.54 Å². The fraction of sp³-hybridized carbons (Fsp3) is 0.0909. The number of hydrogen-bond donors (Lipinski definition) is 2. The molecule has 0 radical (unpaired) electrons. The average molecular weight is 235 g/mol. The first kappa shape index (κ1) is 10.9. The van der Waals surface area contributed by atoms with Crippen molar-refractivity contribution >= 4 is 23.2 Å². The van der Waals surface area contributed by atoms with Crippen LogP contribution in [0.25, 0.3) is 0 Å². The van der Waals surface area contributed by atoms with E-state index >= 15 is 0 Å². The lowest BCUT2D eigenvalue weighted by Gasteiger charge is -2.04. The monoisotopic (exact) mass is 234 g/mol. The summed E-state index contributed by atoms with van der Waals surface area (Å²) < 4.78 is 0. The van der Waals surface area contributed by atoms with Crippen LogP contribution < -0.4 is 11.1 Å². The summed E-state index contributed by atoms with van der Waals surface area (Å²) in [5, 5.41) is 3.58. The molecular weight excluding hydrogens is 224 g/mol. The molecule has 0 saturated heterocycles. The van der Waals surface area contributed by atoms with Gasteiger partial charge in [0.25, 0.3) is 0 Å². The summed E-state index contributed by atoms with van der Waals surface area (Å²) in [5.74, 6) is 0.518. The number of hydrogen-bond acceptors (Lipinski definition) is 4. The van der Waals surface area contributed by atoms with Gasteiger partial charge in [-0.25, -0.2) is 9.97 Å². The van der Waals surface area contributed by atoms with Gasteiger partial charge in [0.15, 0.2) is 0 Å². The van der Waals surface area contributed by atoms with Gasteiger partial charge in [0, 0.05) is 12.2 Å². The van der Waals surface area contributed by atoms with E-state index < -0.39 is 0 Å². The van der Waals surface area contributed by atoms with Crippen LogP contribution in [0.3, 0.4) is 0 Å². The Kier molecular flexibility index (Phi) is 3.34. The van der Waals surface area contributed by atoms with Crippen LogP contribution in [-0.4, -0.2) is 9.97 Å². The molecule has 4 nitrogen and oxygen atoms in total. The standard InChI is InChI=1S/C11H11ClN4/c12-9-6-14-11(15-7-9)16-10-3-1-8(5-13)2-4-10/h1-4,6-7H,5,13H2,(H,14,15,16). The molecule has 5 heteroatoms. The third kappa shape index (κ3) is 2.68. The molecule has 0 atom stereocenters. The Labute approximate surface area is 98.5 Å². The van der Waals surface area contributed by atoms with E-state index in [1.165, 1.54) is 0 Å². The van der Waals surface area contributed by atoms with Gasteiger partial charge in [-0.15, -0.1) is 0 Å². The van der Waals surface area contributed by atoms with Crippen LogP contribution in [0.2, 0.25) is 5.02 Å². The van der Waals surface area contributed by atoms with E-state index in [-0.39, 0.29) is 0 Å². The first-order chi connectivity index (χ1) is 7.78. The van der Waals surface area contributed by atoms with Gasteiger partial charge in [-0.1, -0.05) is 23.7 Å². The molecule has 0 aliphatic rings. The topological polar surface area (TPSA) is 63.8 Å². The van der Waals surface area contributed by atoms with Crippen LogP contribution in [0.4, 0.5) is 11.6 Å². The van der Waals surface area contributed by atoms with E-state index in [2.05, 4.69) is 15.3 Å². The van der Waals surface area contributed by atoms with E-state index in [0.29, 0.717) is 17.5 Å². The molecule has 0 fully saturated rings. The van der Waals surface area contributed by atoms with Gasteiger partial charge < -0.3 is 11.1 Å². The maximum atomic E-state index is 5.69. The van der Waals surface area contributed by atoms with Crippen molar-refractivity contribution in [1.82, 2.24) is 9.97 Å². The van der Waals surface area contributed by atoms with Crippen molar-refractivity contribution in [3.8, 4) is 0 Å². The second-order valence-corrected chi connectivity index (χ2v) is 3.69. The lowest BCUT2D eigenvalue weighted by molar-refractivity contribution is 1.07. The highest BCUT2D eigenvalue weighted by molar-refractivity contribution is 6.30. The minimum Gasteiger partial charge on any atom is -0.326 e. The Balaban J connectivity index is 2.11. The zero-order valence-corrected chi connectivity index (χ0v) is 9.28. The normalized spacial score (nSPS) is 10.1. The van der Waals surface area contributed by atoms with Gasteiger partial charge >= 0.3 is 0 Å². The molecular formula is C11H11ClN4. The van der Waals surface area contributed by atoms with Crippen LogP contribution in [0.15, 0.2) is 36.7 Å². The van der Waals surface area contributed by atoms with E-state index in [9.17, 15) is 0 Å². The smallest absolute Gasteiger partial charge is 0.227 e. The summed E-state index contributed by atoms with van der Waals surface area (Å²) >= 11 is 5.69. The molecule has 16 heavy (non-hydrogen) atoms. The van der Waals surface area contributed by atoms with Crippen LogP contribution in [0.5, 0.6) is 0 Å². The van der Waals surface area contributed by atoms with Gasteiger partial charge in [-0.2, -0.15) is 0 Å². The Hall–Kier alpha value is -1.65. The maximum absolute atomic E-state index is 5.69. The van der Waals surface area contributed by atoms with Gasteiger partial charge in [-0.3, -0.25) is 0 Å². The number of halogens is 1.